The molecule has 1 unspecified atom stereocenters. The standard InChI is InChI=1S/C22H37NO5/c1-14-12-17(26-19(14)24)18-16(13-15-10-8-7-9-11-15)23(22(5,6)27-18)20(25)28-21(2,3)4/h14-18H,7-13H2,1-6H3/t14-,16-,17+,18?/m0/s1. The quantitative estimate of drug-likeness (QED) is 0.651. The van der Waals surface area contributed by atoms with Crippen molar-refractivity contribution in [3.05, 3.63) is 0 Å². The molecule has 2 heterocycles. The number of amides is 1. The number of rotatable bonds is 3. The number of hydrogen-bond donors (Lipinski definition) is 0. The van der Waals surface area contributed by atoms with E-state index in [9.17, 15) is 9.59 Å². The van der Waals surface area contributed by atoms with Crippen molar-refractivity contribution in [2.75, 3.05) is 0 Å². The van der Waals surface area contributed by atoms with Crippen molar-refractivity contribution in [1.29, 1.82) is 0 Å². The zero-order valence-corrected chi connectivity index (χ0v) is 18.3. The highest BCUT2D eigenvalue weighted by atomic mass is 16.6. The summed E-state index contributed by atoms with van der Waals surface area (Å²) in [5, 5.41) is 0. The zero-order chi connectivity index (χ0) is 20.7. The van der Waals surface area contributed by atoms with Crippen molar-refractivity contribution in [1.82, 2.24) is 4.90 Å². The normalized spacial score (nSPS) is 33.8. The molecule has 0 aromatic heterocycles. The number of esters is 1. The second-order valence-corrected chi connectivity index (χ2v) is 10.3. The Morgan fingerprint density at radius 1 is 1.21 bits per heavy atom. The van der Waals surface area contributed by atoms with E-state index in [0.717, 1.165) is 6.42 Å². The Morgan fingerprint density at radius 2 is 1.86 bits per heavy atom. The first-order chi connectivity index (χ1) is 13.0. The average molecular weight is 396 g/mol. The maximum atomic E-state index is 13.1. The molecular formula is C22H37NO5. The van der Waals surface area contributed by atoms with Crippen LogP contribution in [0.5, 0.6) is 0 Å². The van der Waals surface area contributed by atoms with Crippen molar-refractivity contribution in [2.24, 2.45) is 11.8 Å². The summed E-state index contributed by atoms with van der Waals surface area (Å²) >= 11 is 0. The van der Waals surface area contributed by atoms with Gasteiger partial charge in [0.15, 0.2) is 0 Å². The van der Waals surface area contributed by atoms with Gasteiger partial charge in [-0.25, -0.2) is 4.79 Å². The molecular weight excluding hydrogens is 358 g/mol. The van der Waals surface area contributed by atoms with Gasteiger partial charge < -0.3 is 14.2 Å². The predicted molar refractivity (Wildman–Crippen MR) is 106 cm³/mol. The monoisotopic (exact) mass is 395 g/mol. The lowest BCUT2D eigenvalue weighted by Crippen LogP contribution is -2.51. The Bertz CT molecular complexity index is 590. The van der Waals surface area contributed by atoms with Gasteiger partial charge in [-0.1, -0.05) is 39.0 Å². The molecule has 1 aliphatic carbocycles. The summed E-state index contributed by atoms with van der Waals surface area (Å²) in [5.74, 6) is 0.277. The molecule has 2 saturated heterocycles. The van der Waals surface area contributed by atoms with Gasteiger partial charge in [-0.2, -0.15) is 0 Å². The molecule has 0 aromatic carbocycles. The highest BCUT2D eigenvalue weighted by Gasteiger charge is 2.56. The lowest BCUT2D eigenvalue weighted by Gasteiger charge is -2.37. The molecule has 4 atom stereocenters. The van der Waals surface area contributed by atoms with Crippen LogP contribution in [0.25, 0.3) is 0 Å². The highest BCUT2D eigenvalue weighted by molar-refractivity contribution is 5.74. The zero-order valence-electron chi connectivity index (χ0n) is 18.3. The summed E-state index contributed by atoms with van der Waals surface area (Å²) < 4.78 is 17.8. The van der Waals surface area contributed by atoms with Crippen LogP contribution in [0.2, 0.25) is 0 Å². The topological polar surface area (TPSA) is 65.1 Å². The van der Waals surface area contributed by atoms with Gasteiger partial charge in [0, 0.05) is 6.42 Å². The van der Waals surface area contributed by atoms with Crippen LogP contribution in [0.3, 0.4) is 0 Å². The second kappa shape index (κ2) is 7.85. The molecule has 28 heavy (non-hydrogen) atoms. The Balaban J connectivity index is 1.86. The first kappa shape index (κ1) is 21.4. The van der Waals surface area contributed by atoms with Gasteiger partial charge in [-0.15, -0.1) is 0 Å². The lowest BCUT2D eigenvalue weighted by molar-refractivity contribution is -0.152. The van der Waals surface area contributed by atoms with Crippen LogP contribution >= 0.6 is 0 Å². The van der Waals surface area contributed by atoms with Crippen LogP contribution in [0, 0.1) is 11.8 Å². The first-order valence-corrected chi connectivity index (χ1v) is 10.9. The second-order valence-electron chi connectivity index (χ2n) is 10.3. The van der Waals surface area contributed by atoms with Gasteiger partial charge in [0.1, 0.15) is 23.5 Å². The molecule has 2 aliphatic heterocycles. The number of hydrogen-bond acceptors (Lipinski definition) is 5. The van der Waals surface area contributed by atoms with Crippen LogP contribution in [-0.2, 0) is 19.0 Å². The first-order valence-electron chi connectivity index (χ1n) is 10.9. The molecule has 6 heteroatoms. The van der Waals surface area contributed by atoms with Crippen LogP contribution in [0.1, 0.15) is 86.5 Å². The molecule has 0 N–H and O–H groups in total. The third-order valence-corrected chi connectivity index (χ3v) is 6.23. The minimum Gasteiger partial charge on any atom is -0.459 e. The van der Waals surface area contributed by atoms with E-state index in [0.29, 0.717) is 12.3 Å². The molecule has 1 saturated carbocycles. The van der Waals surface area contributed by atoms with Crippen molar-refractivity contribution < 1.29 is 23.8 Å². The van der Waals surface area contributed by atoms with E-state index < -0.39 is 11.3 Å². The number of carbonyl (C=O) groups excluding carboxylic acids is 2. The number of ether oxygens (including phenoxy) is 3. The van der Waals surface area contributed by atoms with E-state index in [1.54, 1.807) is 4.90 Å². The summed E-state index contributed by atoms with van der Waals surface area (Å²) in [6.45, 7) is 11.3. The Morgan fingerprint density at radius 3 is 2.39 bits per heavy atom. The minimum atomic E-state index is -0.801. The van der Waals surface area contributed by atoms with Crippen molar-refractivity contribution in [2.45, 2.75) is 116 Å². The Labute approximate surface area is 169 Å². The van der Waals surface area contributed by atoms with E-state index in [1.807, 2.05) is 41.5 Å². The largest absolute Gasteiger partial charge is 0.459 e. The van der Waals surface area contributed by atoms with Crippen molar-refractivity contribution >= 4 is 12.1 Å². The highest BCUT2D eigenvalue weighted by Crippen LogP contribution is 2.42. The van der Waals surface area contributed by atoms with Gasteiger partial charge >= 0.3 is 12.1 Å². The predicted octanol–water partition coefficient (Wildman–Crippen LogP) is 4.65. The van der Waals surface area contributed by atoms with E-state index in [4.69, 9.17) is 14.2 Å². The van der Waals surface area contributed by atoms with Gasteiger partial charge in [0.2, 0.25) is 0 Å². The molecule has 1 amide bonds. The molecule has 0 spiro atoms. The minimum absolute atomic E-state index is 0.123. The summed E-state index contributed by atoms with van der Waals surface area (Å²) in [6.07, 6.45) is 6.71. The van der Waals surface area contributed by atoms with Gasteiger partial charge in [0.25, 0.3) is 0 Å². The number of carbonyl (C=O) groups is 2. The fraction of sp³-hybridized carbons (Fsp3) is 0.909. The van der Waals surface area contributed by atoms with Crippen LogP contribution < -0.4 is 0 Å². The lowest BCUT2D eigenvalue weighted by atomic mass is 9.82. The maximum Gasteiger partial charge on any atom is 0.412 e. The molecule has 3 fully saturated rings. The average Bonchev–Trinajstić information content (AvgIpc) is 3.03. The van der Waals surface area contributed by atoms with E-state index in [2.05, 4.69) is 0 Å². The fourth-order valence-corrected chi connectivity index (χ4v) is 4.97. The van der Waals surface area contributed by atoms with Crippen LogP contribution in [-0.4, -0.2) is 46.5 Å². The summed E-state index contributed by atoms with van der Waals surface area (Å²) in [5.41, 5.74) is -1.38. The molecule has 6 nitrogen and oxygen atoms in total. The molecule has 3 aliphatic rings. The Kier molecular flexibility index (Phi) is 6.00. The van der Waals surface area contributed by atoms with Crippen LogP contribution in [0.15, 0.2) is 0 Å². The molecule has 0 aromatic rings. The van der Waals surface area contributed by atoms with Crippen molar-refractivity contribution in [3.8, 4) is 0 Å². The van der Waals surface area contributed by atoms with E-state index >= 15 is 0 Å². The fourth-order valence-electron chi connectivity index (χ4n) is 4.97. The molecule has 160 valence electrons. The number of nitrogens with zero attached hydrogens (tertiary/aromatic N) is 1. The van der Waals surface area contributed by atoms with Gasteiger partial charge in [-0.05, 0) is 47.0 Å². The molecule has 0 radical (unpaired) electrons. The van der Waals surface area contributed by atoms with E-state index in [-0.39, 0.29) is 36.2 Å². The van der Waals surface area contributed by atoms with E-state index in [1.165, 1.54) is 32.1 Å². The van der Waals surface area contributed by atoms with Crippen LogP contribution in [0.4, 0.5) is 4.79 Å². The molecule has 0 bridgehead atoms. The summed E-state index contributed by atoms with van der Waals surface area (Å²) in [4.78, 5) is 26.9. The third-order valence-electron chi connectivity index (χ3n) is 6.23. The smallest absolute Gasteiger partial charge is 0.412 e. The number of cyclic esters (lactones) is 1. The SMILES string of the molecule is C[C@H]1C[C@H](C2OC(C)(C)N(C(=O)OC(C)(C)C)[C@H]2CC2CCCCC2)OC1=O. The summed E-state index contributed by atoms with van der Waals surface area (Å²) in [6, 6.07) is -0.143. The van der Waals surface area contributed by atoms with Crippen molar-refractivity contribution in [3.63, 3.8) is 0 Å². The Hall–Kier alpha value is -1.30. The maximum absolute atomic E-state index is 13.1. The molecule has 3 rings (SSSR count). The summed E-state index contributed by atoms with van der Waals surface area (Å²) in [7, 11) is 0. The van der Waals surface area contributed by atoms with Gasteiger partial charge in [-0.3, -0.25) is 9.69 Å². The van der Waals surface area contributed by atoms with Gasteiger partial charge in [0.05, 0.1) is 12.0 Å². The third kappa shape index (κ3) is 4.64.